The van der Waals surface area contributed by atoms with Gasteiger partial charge < -0.3 is 9.64 Å². The number of hydrogen-bond acceptors (Lipinski definition) is 4. The SMILES string of the molecule is CCc1ccsc1C(=O)N(C)CC(=O)OC. The Bertz CT molecular complexity index is 386. The standard InChI is InChI=1S/C11H15NO3S/c1-4-8-5-6-16-10(8)11(14)12(2)7-9(13)15-3/h5-6H,4,7H2,1-3H3. The summed E-state index contributed by atoms with van der Waals surface area (Å²) in [5.41, 5.74) is 1.02. The van der Waals surface area contributed by atoms with Crippen molar-refractivity contribution in [3.05, 3.63) is 21.9 Å². The van der Waals surface area contributed by atoms with Gasteiger partial charge in [-0.1, -0.05) is 6.92 Å². The third-order valence-corrected chi connectivity index (χ3v) is 3.21. The smallest absolute Gasteiger partial charge is 0.325 e. The molecule has 0 aromatic carbocycles. The number of ether oxygens (including phenoxy) is 1. The average molecular weight is 241 g/mol. The van der Waals surface area contributed by atoms with E-state index in [0.717, 1.165) is 12.0 Å². The fourth-order valence-corrected chi connectivity index (χ4v) is 2.29. The molecule has 0 N–H and O–H groups in total. The van der Waals surface area contributed by atoms with Gasteiger partial charge in [0.25, 0.3) is 5.91 Å². The van der Waals surface area contributed by atoms with Crippen LogP contribution in [-0.2, 0) is 16.0 Å². The Morgan fingerprint density at radius 3 is 2.75 bits per heavy atom. The van der Waals surface area contributed by atoms with Crippen molar-refractivity contribution in [2.24, 2.45) is 0 Å². The molecule has 0 atom stereocenters. The summed E-state index contributed by atoms with van der Waals surface area (Å²) >= 11 is 1.40. The lowest BCUT2D eigenvalue weighted by atomic mass is 10.2. The summed E-state index contributed by atoms with van der Waals surface area (Å²) in [6.45, 7) is 1.98. The molecule has 1 heterocycles. The van der Waals surface area contributed by atoms with Crippen molar-refractivity contribution in [2.75, 3.05) is 20.7 Å². The number of hydrogen-bond donors (Lipinski definition) is 0. The molecule has 0 aliphatic carbocycles. The van der Waals surface area contributed by atoms with Crippen molar-refractivity contribution in [3.63, 3.8) is 0 Å². The van der Waals surface area contributed by atoms with E-state index in [1.54, 1.807) is 7.05 Å². The van der Waals surface area contributed by atoms with Crippen LogP contribution in [0, 0.1) is 0 Å². The van der Waals surface area contributed by atoms with Crippen molar-refractivity contribution in [1.82, 2.24) is 4.90 Å². The summed E-state index contributed by atoms with van der Waals surface area (Å²) in [5.74, 6) is -0.539. The average Bonchev–Trinajstić information content (AvgIpc) is 2.75. The molecule has 0 aliphatic heterocycles. The summed E-state index contributed by atoms with van der Waals surface area (Å²) in [5, 5.41) is 1.89. The molecule has 0 saturated carbocycles. The molecular formula is C11H15NO3S. The van der Waals surface area contributed by atoms with Crippen molar-refractivity contribution in [2.45, 2.75) is 13.3 Å². The van der Waals surface area contributed by atoms with Crippen LogP contribution in [0.5, 0.6) is 0 Å². The minimum Gasteiger partial charge on any atom is -0.468 e. The maximum absolute atomic E-state index is 12.0. The molecule has 1 aromatic heterocycles. The normalized spacial score (nSPS) is 9.94. The number of thiophene rings is 1. The molecule has 1 amide bonds. The van der Waals surface area contributed by atoms with Crippen molar-refractivity contribution in [1.29, 1.82) is 0 Å². The van der Waals surface area contributed by atoms with E-state index in [0.29, 0.717) is 4.88 Å². The summed E-state index contributed by atoms with van der Waals surface area (Å²) in [7, 11) is 2.90. The van der Waals surface area contributed by atoms with Crippen molar-refractivity contribution >= 4 is 23.2 Å². The zero-order chi connectivity index (χ0) is 12.1. The van der Waals surface area contributed by atoms with Crippen LogP contribution >= 0.6 is 11.3 Å². The third-order valence-electron chi connectivity index (χ3n) is 2.26. The largest absolute Gasteiger partial charge is 0.468 e. The maximum Gasteiger partial charge on any atom is 0.325 e. The fraction of sp³-hybridized carbons (Fsp3) is 0.455. The van der Waals surface area contributed by atoms with Gasteiger partial charge in [-0.05, 0) is 23.4 Å². The van der Waals surface area contributed by atoms with E-state index in [1.165, 1.54) is 23.3 Å². The Balaban J connectivity index is 2.74. The number of nitrogens with zero attached hydrogens (tertiary/aromatic N) is 1. The van der Waals surface area contributed by atoms with Crippen LogP contribution < -0.4 is 0 Å². The van der Waals surface area contributed by atoms with E-state index in [2.05, 4.69) is 4.74 Å². The van der Waals surface area contributed by atoms with Crippen LogP contribution in [0.25, 0.3) is 0 Å². The highest BCUT2D eigenvalue weighted by Gasteiger charge is 2.18. The lowest BCUT2D eigenvalue weighted by molar-refractivity contribution is -0.141. The highest BCUT2D eigenvalue weighted by Crippen LogP contribution is 2.18. The molecule has 0 radical (unpaired) electrons. The van der Waals surface area contributed by atoms with E-state index in [-0.39, 0.29) is 12.5 Å². The Hall–Kier alpha value is -1.36. The molecule has 0 spiro atoms. The van der Waals surface area contributed by atoms with Gasteiger partial charge in [-0.2, -0.15) is 0 Å². The number of methoxy groups -OCH3 is 1. The molecule has 0 bridgehead atoms. The fourth-order valence-electron chi connectivity index (χ4n) is 1.31. The topological polar surface area (TPSA) is 46.6 Å². The van der Waals surface area contributed by atoms with Gasteiger partial charge in [-0.15, -0.1) is 11.3 Å². The van der Waals surface area contributed by atoms with E-state index < -0.39 is 5.97 Å². The van der Waals surface area contributed by atoms with Crippen LogP contribution in [0.1, 0.15) is 22.2 Å². The van der Waals surface area contributed by atoms with E-state index >= 15 is 0 Å². The number of esters is 1. The first-order valence-corrected chi connectivity index (χ1v) is 5.86. The second-order valence-corrected chi connectivity index (χ2v) is 4.28. The van der Waals surface area contributed by atoms with Gasteiger partial charge in [0, 0.05) is 7.05 Å². The summed E-state index contributed by atoms with van der Waals surface area (Å²) < 4.78 is 4.52. The Morgan fingerprint density at radius 1 is 1.50 bits per heavy atom. The number of rotatable bonds is 4. The first-order chi connectivity index (χ1) is 7.60. The van der Waals surface area contributed by atoms with Crippen molar-refractivity contribution in [3.8, 4) is 0 Å². The van der Waals surface area contributed by atoms with Gasteiger partial charge in [0.15, 0.2) is 0 Å². The number of aryl methyl sites for hydroxylation is 1. The lowest BCUT2D eigenvalue weighted by Crippen LogP contribution is -2.32. The van der Waals surface area contributed by atoms with Gasteiger partial charge in [0.2, 0.25) is 0 Å². The highest BCUT2D eigenvalue weighted by atomic mass is 32.1. The van der Waals surface area contributed by atoms with Gasteiger partial charge >= 0.3 is 5.97 Å². The molecule has 0 saturated heterocycles. The summed E-state index contributed by atoms with van der Waals surface area (Å²) in [6, 6.07) is 1.93. The van der Waals surface area contributed by atoms with E-state index in [4.69, 9.17) is 0 Å². The number of carbonyl (C=O) groups excluding carboxylic acids is 2. The molecular weight excluding hydrogens is 226 g/mol. The Labute approximate surface area is 98.8 Å². The molecule has 88 valence electrons. The predicted molar refractivity (Wildman–Crippen MR) is 62.7 cm³/mol. The first kappa shape index (κ1) is 12.7. The molecule has 0 unspecified atom stereocenters. The van der Waals surface area contributed by atoms with Gasteiger partial charge in [-0.3, -0.25) is 9.59 Å². The number of amides is 1. The minimum absolute atomic E-state index is 0.0175. The van der Waals surface area contributed by atoms with E-state index in [9.17, 15) is 9.59 Å². The van der Waals surface area contributed by atoms with Crippen LogP contribution in [0.4, 0.5) is 0 Å². The third kappa shape index (κ3) is 2.82. The number of carbonyl (C=O) groups is 2. The van der Waals surface area contributed by atoms with Crippen LogP contribution in [-0.4, -0.2) is 37.5 Å². The first-order valence-electron chi connectivity index (χ1n) is 4.98. The maximum atomic E-state index is 12.0. The van der Waals surface area contributed by atoms with Gasteiger partial charge in [-0.25, -0.2) is 0 Å². The zero-order valence-corrected chi connectivity index (χ0v) is 10.5. The molecule has 5 heteroatoms. The minimum atomic E-state index is -0.412. The Morgan fingerprint density at radius 2 is 2.19 bits per heavy atom. The Kier molecular flexibility index (Phi) is 4.49. The zero-order valence-electron chi connectivity index (χ0n) is 9.65. The summed E-state index contributed by atoms with van der Waals surface area (Å²) in [4.78, 5) is 25.1. The monoisotopic (exact) mass is 241 g/mol. The molecule has 0 aliphatic rings. The van der Waals surface area contributed by atoms with Crippen LogP contribution in [0.15, 0.2) is 11.4 Å². The van der Waals surface area contributed by atoms with E-state index in [1.807, 2.05) is 18.4 Å². The molecule has 1 rings (SSSR count). The lowest BCUT2D eigenvalue weighted by Gasteiger charge is -2.15. The van der Waals surface area contributed by atoms with Gasteiger partial charge in [0.1, 0.15) is 6.54 Å². The van der Waals surface area contributed by atoms with Gasteiger partial charge in [0.05, 0.1) is 12.0 Å². The molecule has 16 heavy (non-hydrogen) atoms. The summed E-state index contributed by atoms with van der Waals surface area (Å²) in [6.07, 6.45) is 0.816. The van der Waals surface area contributed by atoms with Crippen molar-refractivity contribution < 1.29 is 14.3 Å². The van der Waals surface area contributed by atoms with Crippen LogP contribution in [0.2, 0.25) is 0 Å². The number of likely N-dealkylation sites (N-methyl/N-ethyl adjacent to an activating group) is 1. The predicted octanol–water partition coefficient (Wildman–Crippen LogP) is 1.56. The molecule has 1 aromatic rings. The second-order valence-electron chi connectivity index (χ2n) is 3.37. The second kappa shape index (κ2) is 5.65. The van der Waals surface area contributed by atoms with Crippen LogP contribution in [0.3, 0.4) is 0 Å². The highest BCUT2D eigenvalue weighted by molar-refractivity contribution is 7.12. The quantitative estimate of drug-likeness (QED) is 0.751. The molecule has 4 nitrogen and oxygen atoms in total. The molecule has 0 fully saturated rings.